The first kappa shape index (κ1) is 17.8. The fourth-order valence-electron chi connectivity index (χ4n) is 2.52. The lowest BCUT2D eigenvalue weighted by molar-refractivity contribution is -0.144. The van der Waals surface area contributed by atoms with Crippen LogP contribution in [0, 0.1) is 6.92 Å². The predicted molar refractivity (Wildman–Crippen MR) is 92.2 cm³/mol. The van der Waals surface area contributed by atoms with Crippen LogP contribution in [-0.2, 0) is 28.9 Å². The summed E-state index contributed by atoms with van der Waals surface area (Å²) in [4.78, 5) is 11.7. The molecule has 0 saturated heterocycles. The molecular formula is C17H20Cl2N2O2. The molecule has 0 saturated carbocycles. The quantitative estimate of drug-likeness (QED) is 0.729. The Bertz CT molecular complexity index is 691. The van der Waals surface area contributed by atoms with Crippen molar-refractivity contribution < 1.29 is 9.53 Å². The van der Waals surface area contributed by atoms with Crippen molar-refractivity contribution in [1.82, 2.24) is 9.78 Å². The molecule has 4 nitrogen and oxygen atoms in total. The highest BCUT2D eigenvalue weighted by molar-refractivity contribution is 6.36. The van der Waals surface area contributed by atoms with Gasteiger partial charge in [0.05, 0.1) is 12.3 Å². The highest BCUT2D eigenvalue weighted by Crippen LogP contribution is 2.29. The number of benzene rings is 1. The fourth-order valence-corrected chi connectivity index (χ4v) is 3.05. The number of carbonyl (C=O) groups is 1. The van der Waals surface area contributed by atoms with Crippen molar-refractivity contribution in [3.8, 4) is 0 Å². The highest BCUT2D eigenvalue weighted by Gasteiger charge is 2.18. The Labute approximate surface area is 146 Å². The Morgan fingerprint density at radius 1 is 1.22 bits per heavy atom. The Morgan fingerprint density at radius 3 is 2.43 bits per heavy atom. The van der Waals surface area contributed by atoms with Crippen molar-refractivity contribution in [2.75, 3.05) is 6.61 Å². The van der Waals surface area contributed by atoms with Gasteiger partial charge in [-0.15, -0.1) is 0 Å². The molecule has 0 aliphatic carbocycles. The molecule has 0 bridgehead atoms. The van der Waals surface area contributed by atoms with Crippen molar-refractivity contribution in [2.45, 2.75) is 40.2 Å². The zero-order chi connectivity index (χ0) is 17.0. The minimum Gasteiger partial charge on any atom is -0.465 e. The first-order chi connectivity index (χ1) is 11.0. The van der Waals surface area contributed by atoms with Gasteiger partial charge in [-0.2, -0.15) is 5.10 Å². The molecule has 23 heavy (non-hydrogen) atoms. The number of aryl methyl sites for hydroxylation is 1. The standard InChI is InChI=1S/C17H20Cl2N2O2/c1-4-16-12(9-13-14(18)7-6-8-15(13)19)11(3)21(20-16)10-17(22)23-5-2/h6-8H,4-5,9-10H2,1-3H3. The number of halogens is 2. The van der Waals surface area contributed by atoms with E-state index in [0.717, 1.165) is 28.9 Å². The molecule has 0 aliphatic rings. The van der Waals surface area contributed by atoms with Gasteiger partial charge < -0.3 is 4.74 Å². The van der Waals surface area contributed by atoms with Gasteiger partial charge in [-0.25, -0.2) is 0 Å². The average molecular weight is 355 g/mol. The molecule has 6 heteroatoms. The smallest absolute Gasteiger partial charge is 0.327 e. The monoisotopic (exact) mass is 354 g/mol. The second kappa shape index (κ2) is 7.84. The van der Waals surface area contributed by atoms with Crippen LogP contribution in [0.1, 0.15) is 36.4 Å². The molecule has 2 rings (SSSR count). The minimum atomic E-state index is -0.289. The van der Waals surface area contributed by atoms with Crippen molar-refractivity contribution in [2.24, 2.45) is 0 Å². The average Bonchev–Trinajstić information content (AvgIpc) is 2.79. The zero-order valence-corrected chi connectivity index (χ0v) is 15.0. The molecule has 0 aliphatic heterocycles. The Morgan fingerprint density at radius 2 is 1.87 bits per heavy atom. The van der Waals surface area contributed by atoms with E-state index in [9.17, 15) is 4.79 Å². The van der Waals surface area contributed by atoms with E-state index < -0.39 is 0 Å². The molecular weight excluding hydrogens is 335 g/mol. The Balaban J connectivity index is 2.35. The summed E-state index contributed by atoms with van der Waals surface area (Å²) in [6.07, 6.45) is 1.37. The molecule has 0 N–H and O–H groups in total. The SMILES string of the molecule is CCOC(=O)Cn1nc(CC)c(Cc2c(Cl)cccc2Cl)c1C. The summed E-state index contributed by atoms with van der Waals surface area (Å²) in [6.45, 7) is 6.25. The molecule has 0 unspecified atom stereocenters. The maximum Gasteiger partial charge on any atom is 0.327 e. The molecule has 1 aromatic heterocycles. The third-order valence-corrected chi connectivity index (χ3v) is 4.46. The Hall–Kier alpha value is -1.52. The van der Waals surface area contributed by atoms with E-state index in [1.165, 1.54) is 0 Å². The second-order valence-electron chi connectivity index (χ2n) is 5.20. The number of aromatic nitrogens is 2. The third-order valence-electron chi connectivity index (χ3n) is 3.75. The van der Waals surface area contributed by atoms with Gasteiger partial charge in [-0.1, -0.05) is 36.2 Å². The van der Waals surface area contributed by atoms with Gasteiger partial charge in [-0.3, -0.25) is 9.48 Å². The second-order valence-corrected chi connectivity index (χ2v) is 6.02. The molecule has 1 heterocycles. The van der Waals surface area contributed by atoms with Gasteiger partial charge in [0.15, 0.2) is 0 Å². The normalized spacial score (nSPS) is 10.8. The summed E-state index contributed by atoms with van der Waals surface area (Å²) >= 11 is 12.5. The van der Waals surface area contributed by atoms with E-state index in [-0.39, 0.29) is 12.5 Å². The summed E-state index contributed by atoms with van der Waals surface area (Å²) in [5, 5.41) is 5.81. The number of rotatable bonds is 6. The molecule has 2 aromatic rings. The summed E-state index contributed by atoms with van der Waals surface area (Å²) in [6, 6.07) is 5.48. The molecule has 0 amide bonds. The molecule has 0 spiro atoms. The van der Waals surface area contributed by atoms with E-state index in [2.05, 4.69) is 5.10 Å². The molecule has 124 valence electrons. The summed E-state index contributed by atoms with van der Waals surface area (Å²) in [5.74, 6) is -0.289. The molecule has 0 atom stereocenters. The number of esters is 1. The number of hydrogen-bond donors (Lipinski definition) is 0. The van der Waals surface area contributed by atoms with Gasteiger partial charge in [-0.05, 0) is 38.0 Å². The van der Waals surface area contributed by atoms with Crippen LogP contribution in [0.4, 0.5) is 0 Å². The van der Waals surface area contributed by atoms with Gasteiger partial charge in [0, 0.05) is 27.7 Å². The number of carbonyl (C=O) groups excluding carboxylic acids is 1. The van der Waals surface area contributed by atoms with Gasteiger partial charge in [0.1, 0.15) is 6.54 Å². The zero-order valence-electron chi connectivity index (χ0n) is 13.5. The van der Waals surface area contributed by atoms with E-state index in [4.69, 9.17) is 27.9 Å². The minimum absolute atomic E-state index is 0.114. The van der Waals surface area contributed by atoms with Crippen LogP contribution in [0.15, 0.2) is 18.2 Å². The molecule has 0 radical (unpaired) electrons. The van der Waals surface area contributed by atoms with Crippen LogP contribution < -0.4 is 0 Å². The van der Waals surface area contributed by atoms with Crippen molar-refractivity contribution in [1.29, 1.82) is 0 Å². The summed E-state index contributed by atoms with van der Waals surface area (Å²) in [7, 11) is 0. The maximum atomic E-state index is 11.7. The largest absolute Gasteiger partial charge is 0.465 e. The van der Waals surface area contributed by atoms with E-state index in [0.29, 0.717) is 23.1 Å². The highest BCUT2D eigenvalue weighted by atomic mass is 35.5. The molecule has 0 fully saturated rings. The van der Waals surface area contributed by atoms with Crippen molar-refractivity contribution >= 4 is 29.2 Å². The third kappa shape index (κ3) is 4.06. The Kier molecular flexibility index (Phi) is 6.08. The van der Waals surface area contributed by atoms with Crippen LogP contribution in [0.25, 0.3) is 0 Å². The van der Waals surface area contributed by atoms with E-state index in [1.807, 2.05) is 32.0 Å². The van der Waals surface area contributed by atoms with Crippen LogP contribution >= 0.6 is 23.2 Å². The van der Waals surface area contributed by atoms with Crippen LogP contribution in [0.2, 0.25) is 10.0 Å². The summed E-state index contributed by atoms with van der Waals surface area (Å²) in [5.41, 5.74) is 3.82. The van der Waals surface area contributed by atoms with Crippen LogP contribution in [0.3, 0.4) is 0 Å². The van der Waals surface area contributed by atoms with Crippen molar-refractivity contribution in [3.05, 3.63) is 50.8 Å². The van der Waals surface area contributed by atoms with Gasteiger partial charge in [0.25, 0.3) is 0 Å². The maximum absolute atomic E-state index is 11.7. The lowest BCUT2D eigenvalue weighted by Gasteiger charge is -2.08. The first-order valence-electron chi connectivity index (χ1n) is 7.61. The van der Waals surface area contributed by atoms with E-state index >= 15 is 0 Å². The van der Waals surface area contributed by atoms with Crippen LogP contribution in [0.5, 0.6) is 0 Å². The molecule has 1 aromatic carbocycles. The van der Waals surface area contributed by atoms with Gasteiger partial charge >= 0.3 is 5.97 Å². The van der Waals surface area contributed by atoms with Crippen LogP contribution in [-0.4, -0.2) is 22.4 Å². The summed E-state index contributed by atoms with van der Waals surface area (Å²) < 4.78 is 6.69. The lowest BCUT2D eigenvalue weighted by Crippen LogP contribution is -2.15. The van der Waals surface area contributed by atoms with Crippen molar-refractivity contribution in [3.63, 3.8) is 0 Å². The lowest BCUT2D eigenvalue weighted by atomic mass is 10.0. The number of ether oxygens (including phenoxy) is 1. The number of nitrogens with zero attached hydrogens (tertiary/aromatic N) is 2. The number of hydrogen-bond acceptors (Lipinski definition) is 3. The predicted octanol–water partition coefficient (Wildman–Crippen LogP) is 4.21. The van der Waals surface area contributed by atoms with E-state index in [1.54, 1.807) is 11.6 Å². The van der Waals surface area contributed by atoms with Gasteiger partial charge in [0.2, 0.25) is 0 Å². The topological polar surface area (TPSA) is 44.1 Å². The fraction of sp³-hybridized carbons (Fsp3) is 0.412. The first-order valence-corrected chi connectivity index (χ1v) is 8.37.